The predicted octanol–water partition coefficient (Wildman–Crippen LogP) is 2.55. The van der Waals surface area contributed by atoms with Gasteiger partial charge in [0.2, 0.25) is 5.95 Å². The maximum Gasteiger partial charge on any atom is 0.225 e. The number of imidazole rings is 1. The number of nitrogens with zero attached hydrogens (tertiary/aromatic N) is 3. The van der Waals surface area contributed by atoms with E-state index in [9.17, 15) is 0 Å². The summed E-state index contributed by atoms with van der Waals surface area (Å²) in [5, 5.41) is 3.77. The molecule has 7 heteroatoms. The van der Waals surface area contributed by atoms with Gasteiger partial charge in [-0.15, -0.1) is 0 Å². The van der Waals surface area contributed by atoms with Crippen molar-refractivity contribution in [2.24, 2.45) is 0 Å². The van der Waals surface area contributed by atoms with Crippen molar-refractivity contribution in [3.8, 4) is 5.75 Å². The number of anilines is 1. The zero-order valence-electron chi connectivity index (χ0n) is 11.0. The molecule has 0 radical (unpaired) electrons. The average molecular weight is 287 g/mol. The second kappa shape index (κ2) is 5.38. The highest BCUT2D eigenvalue weighted by atomic mass is 32.2. The van der Waals surface area contributed by atoms with Crippen molar-refractivity contribution in [3.63, 3.8) is 0 Å². The molecule has 3 aromatic rings. The third kappa shape index (κ3) is 2.39. The van der Waals surface area contributed by atoms with E-state index in [-0.39, 0.29) is 0 Å². The molecule has 0 bridgehead atoms. The van der Waals surface area contributed by atoms with Gasteiger partial charge in [0.15, 0.2) is 5.65 Å². The summed E-state index contributed by atoms with van der Waals surface area (Å²) in [5.41, 5.74) is 1.48. The fourth-order valence-electron chi connectivity index (χ4n) is 1.77. The molecule has 102 valence electrons. The molecule has 20 heavy (non-hydrogen) atoms. The number of aromatic nitrogens is 4. The standard InChI is InChI=1S/C13H13N5OS/c1-14-13-17-11-10(15-7-16-11)12(18-13)20-9-5-3-4-8(6-9)19-2/h3-7H,1-2H3,(H2,14,15,16,17,18). The summed E-state index contributed by atoms with van der Waals surface area (Å²) < 4.78 is 5.23. The van der Waals surface area contributed by atoms with E-state index in [2.05, 4.69) is 25.3 Å². The first-order chi connectivity index (χ1) is 9.80. The highest BCUT2D eigenvalue weighted by Crippen LogP contribution is 2.32. The van der Waals surface area contributed by atoms with Gasteiger partial charge in [-0.25, -0.2) is 9.97 Å². The lowest BCUT2D eigenvalue weighted by Crippen LogP contribution is -1.98. The van der Waals surface area contributed by atoms with Gasteiger partial charge in [-0.2, -0.15) is 4.98 Å². The van der Waals surface area contributed by atoms with E-state index in [1.807, 2.05) is 24.3 Å². The lowest BCUT2D eigenvalue weighted by molar-refractivity contribution is 0.413. The van der Waals surface area contributed by atoms with Crippen molar-refractivity contribution in [2.45, 2.75) is 9.92 Å². The zero-order valence-corrected chi connectivity index (χ0v) is 11.9. The maximum atomic E-state index is 5.23. The molecule has 3 rings (SSSR count). The van der Waals surface area contributed by atoms with Gasteiger partial charge in [-0.1, -0.05) is 17.8 Å². The van der Waals surface area contributed by atoms with Crippen LogP contribution >= 0.6 is 11.8 Å². The molecule has 2 heterocycles. The van der Waals surface area contributed by atoms with Crippen LogP contribution in [0.4, 0.5) is 5.95 Å². The molecule has 1 aromatic carbocycles. The fraction of sp³-hybridized carbons (Fsp3) is 0.154. The number of fused-ring (bicyclic) bond motifs is 1. The lowest BCUT2D eigenvalue weighted by Gasteiger charge is -2.06. The predicted molar refractivity (Wildman–Crippen MR) is 78.3 cm³/mol. The molecular formula is C13H13N5OS. The summed E-state index contributed by atoms with van der Waals surface area (Å²) in [4.78, 5) is 17.1. The van der Waals surface area contributed by atoms with Crippen LogP contribution < -0.4 is 10.1 Å². The highest BCUT2D eigenvalue weighted by Gasteiger charge is 2.11. The second-order valence-corrected chi connectivity index (χ2v) is 5.05. The zero-order chi connectivity index (χ0) is 13.9. The Balaban J connectivity index is 2.02. The van der Waals surface area contributed by atoms with Crippen molar-refractivity contribution < 1.29 is 4.74 Å². The highest BCUT2D eigenvalue weighted by molar-refractivity contribution is 7.99. The number of hydrogen-bond donors (Lipinski definition) is 2. The minimum Gasteiger partial charge on any atom is -0.497 e. The van der Waals surface area contributed by atoms with Crippen LogP contribution in [0.2, 0.25) is 0 Å². The molecule has 0 aliphatic heterocycles. The van der Waals surface area contributed by atoms with Crippen molar-refractivity contribution in [2.75, 3.05) is 19.5 Å². The Bertz CT molecular complexity index is 742. The third-order valence-electron chi connectivity index (χ3n) is 2.73. The fourth-order valence-corrected chi connectivity index (χ4v) is 2.70. The van der Waals surface area contributed by atoms with E-state index in [1.165, 1.54) is 11.8 Å². The first kappa shape index (κ1) is 12.7. The smallest absolute Gasteiger partial charge is 0.225 e. The number of H-pyrrole nitrogens is 1. The van der Waals surface area contributed by atoms with Crippen LogP contribution in [0.1, 0.15) is 0 Å². The van der Waals surface area contributed by atoms with Gasteiger partial charge >= 0.3 is 0 Å². The topological polar surface area (TPSA) is 75.7 Å². The van der Waals surface area contributed by atoms with E-state index in [0.717, 1.165) is 21.2 Å². The monoisotopic (exact) mass is 287 g/mol. The SMILES string of the molecule is CNc1nc(Sc2cccc(OC)c2)c2[nH]cnc2n1. The summed E-state index contributed by atoms with van der Waals surface area (Å²) in [6, 6.07) is 7.84. The second-order valence-electron chi connectivity index (χ2n) is 3.98. The van der Waals surface area contributed by atoms with Crippen molar-refractivity contribution in [1.29, 1.82) is 0 Å². The van der Waals surface area contributed by atoms with Gasteiger partial charge < -0.3 is 15.0 Å². The minimum atomic E-state index is 0.551. The van der Waals surface area contributed by atoms with Crippen LogP contribution in [-0.2, 0) is 0 Å². The number of hydrogen-bond acceptors (Lipinski definition) is 6. The summed E-state index contributed by atoms with van der Waals surface area (Å²) >= 11 is 1.54. The molecular weight excluding hydrogens is 274 g/mol. The average Bonchev–Trinajstić information content (AvgIpc) is 2.96. The normalized spacial score (nSPS) is 10.7. The molecule has 0 spiro atoms. The Morgan fingerprint density at radius 2 is 2.20 bits per heavy atom. The number of rotatable bonds is 4. The summed E-state index contributed by atoms with van der Waals surface area (Å²) in [5.74, 6) is 1.37. The Hall–Kier alpha value is -2.28. The van der Waals surface area contributed by atoms with Crippen LogP contribution in [0.3, 0.4) is 0 Å². The van der Waals surface area contributed by atoms with Crippen LogP contribution in [0, 0.1) is 0 Å². The molecule has 0 saturated heterocycles. The molecule has 2 aromatic heterocycles. The van der Waals surface area contributed by atoms with Crippen LogP contribution in [0.25, 0.3) is 11.2 Å². The van der Waals surface area contributed by atoms with Crippen LogP contribution in [-0.4, -0.2) is 34.1 Å². The van der Waals surface area contributed by atoms with Crippen LogP contribution in [0.15, 0.2) is 40.5 Å². The Morgan fingerprint density at radius 3 is 3.00 bits per heavy atom. The molecule has 6 nitrogen and oxygen atoms in total. The Kier molecular flexibility index (Phi) is 3.42. The van der Waals surface area contributed by atoms with Gasteiger partial charge in [0, 0.05) is 11.9 Å². The molecule has 2 N–H and O–H groups in total. The lowest BCUT2D eigenvalue weighted by atomic mass is 10.3. The van der Waals surface area contributed by atoms with E-state index in [1.54, 1.807) is 20.5 Å². The first-order valence-electron chi connectivity index (χ1n) is 6.01. The molecule has 0 saturated carbocycles. The van der Waals surface area contributed by atoms with Crippen molar-refractivity contribution in [1.82, 2.24) is 19.9 Å². The summed E-state index contributed by atoms with van der Waals surface area (Å²) in [6.45, 7) is 0. The first-order valence-corrected chi connectivity index (χ1v) is 6.82. The third-order valence-corrected chi connectivity index (χ3v) is 3.71. The largest absolute Gasteiger partial charge is 0.497 e. The quantitative estimate of drug-likeness (QED) is 0.718. The van der Waals surface area contributed by atoms with E-state index >= 15 is 0 Å². The molecule has 0 atom stereocenters. The number of nitrogens with one attached hydrogen (secondary N) is 2. The van der Waals surface area contributed by atoms with E-state index < -0.39 is 0 Å². The van der Waals surface area contributed by atoms with Gasteiger partial charge in [-0.3, -0.25) is 0 Å². The number of ether oxygens (including phenoxy) is 1. The minimum absolute atomic E-state index is 0.551. The Morgan fingerprint density at radius 1 is 1.30 bits per heavy atom. The van der Waals surface area contributed by atoms with Gasteiger partial charge in [-0.05, 0) is 18.2 Å². The molecule has 0 fully saturated rings. The van der Waals surface area contributed by atoms with E-state index in [4.69, 9.17) is 4.74 Å². The number of methoxy groups -OCH3 is 1. The number of benzene rings is 1. The molecule has 0 unspecified atom stereocenters. The summed E-state index contributed by atoms with van der Waals surface area (Å²) in [7, 11) is 3.44. The molecule has 0 aliphatic carbocycles. The Labute approximate surface area is 120 Å². The number of aromatic amines is 1. The van der Waals surface area contributed by atoms with E-state index in [0.29, 0.717) is 11.6 Å². The maximum absolute atomic E-state index is 5.23. The van der Waals surface area contributed by atoms with Gasteiger partial charge in [0.05, 0.1) is 13.4 Å². The molecule has 0 amide bonds. The van der Waals surface area contributed by atoms with Crippen LogP contribution in [0.5, 0.6) is 5.75 Å². The van der Waals surface area contributed by atoms with Gasteiger partial charge in [0.1, 0.15) is 16.3 Å². The van der Waals surface area contributed by atoms with Gasteiger partial charge in [0.25, 0.3) is 0 Å². The van der Waals surface area contributed by atoms with Crippen molar-refractivity contribution in [3.05, 3.63) is 30.6 Å². The van der Waals surface area contributed by atoms with Crippen molar-refractivity contribution >= 4 is 28.9 Å². The summed E-state index contributed by atoms with van der Waals surface area (Å²) in [6.07, 6.45) is 1.62. The molecule has 0 aliphatic rings.